The number of aromatic nitrogens is 1. The zero-order valence-corrected chi connectivity index (χ0v) is 12.5. The molecule has 0 unspecified atom stereocenters. The van der Waals surface area contributed by atoms with Gasteiger partial charge in [0.25, 0.3) is 0 Å². The lowest BCUT2D eigenvalue weighted by molar-refractivity contribution is -0.142. The number of hydrogen-bond acceptors (Lipinski definition) is 2. The van der Waals surface area contributed by atoms with Crippen LogP contribution in [0, 0.1) is 11.7 Å². The molecule has 0 saturated carbocycles. The van der Waals surface area contributed by atoms with Crippen LogP contribution >= 0.6 is 0 Å². The lowest BCUT2D eigenvalue weighted by atomic mass is 10.0. The Balaban J connectivity index is 2.10. The monoisotopic (exact) mass is 306 g/mol. The molecule has 0 fully saturated rings. The molecule has 0 spiro atoms. The number of rotatable bonds is 6. The van der Waals surface area contributed by atoms with Crippen LogP contribution in [-0.2, 0) is 16.1 Å². The van der Waals surface area contributed by atoms with Gasteiger partial charge >= 0.3 is 5.97 Å². The summed E-state index contributed by atoms with van der Waals surface area (Å²) in [5, 5.41) is 12.5. The molecule has 2 N–H and O–H groups in total. The first kappa shape index (κ1) is 16.0. The van der Waals surface area contributed by atoms with Crippen molar-refractivity contribution in [3.05, 3.63) is 36.3 Å². The van der Waals surface area contributed by atoms with Crippen LogP contribution in [0.2, 0.25) is 0 Å². The maximum atomic E-state index is 13.3. The minimum Gasteiger partial charge on any atom is -0.480 e. The van der Waals surface area contributed by atoms with Gasteiger partial charge < -0.3 is 15.0 Å². The molecule has 118 valence electrons. The van der Waals surface area contributed by atoms with E-state index in [1.54, 1.807) is 22.9 Å². The van der Waals surface area contributed by atoms with Crippen LogP contribution in [-0.4, -0.2) is 27.6 Å². The van der Waals surface area contributed by atoms with E-state index >= 15 is 0 Å². The van der Waals surface area contributed by atoms with Crippen LogP contribution in [0.5, 0.6) is 0 Å². The second kappa shape index (κ2) is 6.60. The standard InChI is InChI=1S/C16H19FN2O3/c1-10(2)7-13(16(21)22)18-15(20)9-19-6-5-11-3-4-12(17)8-14(11)19/h3-6,8,10,13H,7,9H2,1-2H3,(H,18,20)(H,21,22)/t13-/m0/s1. The number of benzene rings is 1. The van der Waals surface area contributed by atoms with E-state index in [9.17, 15) is 14.0 Å². The third-order valence-corrected chi connectivity index (χ3v) is 3.39. The molecule has 0 aliphatic carbocycles. The minimum absolute atomic E-state index is 0.0468. The van der Waals surface area contributed by atoms with Crippen molar-refractivity contribution < 1.29 is 19.1 Å². The Morgan fingerprint density at radius 2 is 2.05 bits per heavy atom. The summed E-state index contributed by atoms with van der Waals surface area (Å²) in [6.45, 7) is 3.74. The first-order valence-corrected chi connectivity index (χ1v) is 7.13. The fourth-order valence-corrected chi connectivity index (χ4v) is 2.38. The molecule has 0 bridgehead atoms. The number of aliphatic carboxylic acids is 1. The third kappa shape index (κ3) is 3.84. The normalized spacial score (nSPS) is 12.5. The number of carboxylic acids is 1. The van der Waals surface area contributed by atoms with E-state index in [0.717, 1.165) is 5.39 Å². The topological polar surface area (TPSA) is 71.3 Å². The van der Waals surface area contributed by atoms with E-state index in [1.165, 1.54) is 12.1 Å². The molecule has 0 aliphatic heterocycles. The highest BCUT2D eigenvalue weighted by molar-refractivity contribution is 5.86. The summed E-state index contributed by atoms with van der Waals surface area (Å²) >= 11 is 0. The van der Waals surface area contributed by atoms with Gasteiger partial charge in [0.1, 0.15) is 18.4 Å². The number of hydrogen-bond donors (Lipinski definition) is 2. The van der Waals surface area contributed by atoms with Crippen LogP contribution < -0.4 is 5.32 Å². The molecule has 22 heavy (non-hydrogen) atoms. The molecule has 1 heterocycles. The molecule has 6 heteroatoms. The summed E-state index contributed by atoms with van der Waals surface area (Å²) in [7, 11) is 0. The summed E-state index contributed by atoms with van der Waals surface area (Å²) in [6, 6.07) is 5.22. The zero-order valence-electron chi connectivity index (χ0n) is 12.5. The highest BCUT2D eigenvalue weighted by Gasteiger charge is 2.21. The molecular formula is C16H19FN2O3. The van der Waals surface area contributed by atoms with Gasteiger partial charge in [-0.25, -0.2) is 9.18 Å². The molecule has 0 radical (unpaired) electrons. The Hall–Kier alpha value is -2.37. The van der Waals surface area contributed by atoms with Crippen molar-refractivity contribution >= 4 is 22.8 Å². The minimum atomic E-state index is -1.05. The molecule has 0 aliphatic rings. The average molecular weight is 306 g/mol. The van der Waals surface area contributed by atoms with Gasteiger partial charge in [-0.2, -0.15) is 0 Å². The first-order chi connectivity index (χ1) is 10.4. The summed E-state index contributed by atoms with van der Waals surface area (Å²) in [4.78, 5) is 23.2. The van der Waals surface area contributed by atoms with Crippen molar-refractivity contribution in [1.82, 2.24) is 9.88 Å². The molecule has 1 amide bonds. The smallest absolute Gasteiger partial charge is 0.326 e. The quantitative estimate of drug-likeness (QED) is 0.861. The SMILES string of the molecule is CC(C)C[C@H](NC(=O)Cn1ccc2ccc(F)cc21)C(=O)O. The van der Waals surface area contributed by atoms with Crippen molar-refractivity contribution in [1.29, 1.82) is 0 Å². The number of nitrogens with one attached hydrogen (secondary N) is 1. The molecule has 1 atom stereocenters. The molecular weight excluding hydrogens is 287 g/mol. The lowest BCUT2D eigenvalue weighted by Gasteiger charge is -2.17. The van der Waals surface area contributed by atoms with Gasteiger partial charge in [0.15, 0.2) is 0 Å². The van der Waals surface area contributed by atoms with Gasteiger partial charge in [-0.15, -0.1) is 0 Å². The summed E-state index contributed by atoms with van der Waals surface area (Å²) in [6.07, 6.45) is 2.05. The van der Waals surface area contributed by atoms with Crippen molar-refractivity contribution in [2.45, 2.75) is 32.9 Å². The van der Waals surface area contributed by atoms with E-state index in [0.29, 0.717) is 11.9 Å². The third-order valence-electron chi connectivity index (χ3n) is 3.39. The van der Waals surface area contributed by atoms with E-state index in [2.05, 4.69) is 5.32 Å². The van der Waals surface area contributed by atoms with E-state index in [1.807, 2.05) is 13.8 Å². The first-order valence-electron chi connectivity index (χ1n) is 7.13. The molecule has 2 rings (SSSR count). The van der Waals surface area contributed by atoms with Gasteiger partial charge in [-0.3, -0.25) is 4.79 Å². The second-order valence-corrected chi connectivity index (χ2v) is 5.73. The van der Waals surface area contributed by atoms with Crippen LogP contribution in [0.3, 0.4) is 0 Å². The number of fused-ring (bicyclic) bond motifs is 1. The Kier molecular flexibility index (Phi) is 4.80. The Bertz CT molecular complexity index is 694. The maximum Gasteiger partial charge on any atom is 0.326 e. The summed E-state index contributed by atoms with van der Waals surface area (Å²) in [5.74, 6) is -1.68. The second-order valence-electron chi connectivity index (χ2n) is 5.73. The van der Waals surface area contributed by atoms with Crippen LogP contribution in [0.4, 0.5) is 4.39 Å². The van der Waals surface area contributed by atoms with Crippen LogP contribution in [0.25, 0.3) is 10.9 Å². The number of carbonyl (C=O) groups excluding carboxylic acids is 1. The predicted octanol–water partition coefficient (Wildman–Crippen LogP) is 2.40. The van der Waals surface area contributed by atoms with Crippen molar-refractivity contribution in [2.24, 2.45) is 5.92 Å². The van der Waals surface area contributed by atoms with E-state index in [4.69, 9.17) is 5.11 Å². The van der Waals surface area contributed by atoms with Crippen molar-refractivity contribution in [2.75, 3.05) is 0 Å². The number of carbonyl (C=O) groups is 2. The van der Waals surface area contributed by atoms with E-state index < -0.39 is 17.9 Å². The highest BCUT2D eigenvalue weighted by atomic mass is 19.1. The van der Waals surface area contributed by atoms with Gasteiger partial charge in [0.05, 0.1) is 5.52 Å². The lowest BCUT2D eigenvalue weighted by Crippen LogP contribution is -2.43. The Labute approximate surface area is 127 Å². The molecule has 1 aromatic carbocycles. The van der Waals surface area contributed by atoms with Gasteiger partial charge in [0, 0.05) is 6.20 Å². The van der Waals surface area contributed by atoms with Crippen molar-refractivity contribution in [3.63, 3.8) is 0 Å². The van der Waals surface area contributed by atoms with Crippen LogP contribution in [0.15, 0.2) is 30.5 Å². The van der Waals surface area contributed by atoms with Crippen molar-refractivity contribution in [3.8, 4) is 0 Å². The Morgan fingerprint density at radius 1 is 1.32 bits per heavy atom. The summed E-state index contributed by atoms with van der Waals surface area (Å²) in [5.41, 5.74) is 0.603. The number of amides is 1. The highest BCUT2D eigenvalue weighted by Crippen LogP contribution is 2.17. The maximum absolute atomic E-state index is 13.3. The average Bonchev–Trinajstić information content (AvgIpc) is 2.80. The Morgan fingerprint density at radius 3 is 2.68 bits per heavy atom. The number of nitrogens with zero attached hydrogens (tertiary/aromatic N) is 1. The zero-order chi connectivity index (χ0) is 16.3. The van der Waals surface area contributed by atoms with Gasteiger partial charge in [-0.1, -0.05) is 13.8 Å². The van der Waals surface area contributed by atoms with Crippen LogP contribution in [0.1, 0.15) is 20.3 Å². The molecule has 2 aromatic rings. The number of halogens is 1. The predicted molar refractivity (Wildman–Crippen MR) is 80.9 cm³/mol. The van der Waals surface area contributed by atoms with Gasteiger partial charge in [0.2, 0.25) is 5.91 Å². The molecule has 0 saturated heterocycles. The number of carboxylic acid groups (broad SMARTS) is 1. The van der Waals surface area contributed by atoms with Gasteiger partial charge in [-0.05, 0) is 42.0 Å². The fourth-order valence-electron chi connectivity index (χ4n) is 2.38. The largest absolute Gasteiger partial charge is 0.480 e. The fraction of sp³-hybridized carbons (Fsp3) is 0.375. The summed E-state index contributed by atoms with van der Waals surface area (Å²) < 4.78 is 14.9. The molecule has 5 nitrogen and oxygen atoms in total. The van der Waals surface area contributed by atoms with E-state index in [-0.39, 0.29) is 18.3 Å². The molecule has 1 aromatic heterocycles.